The van der Waals surface area contributed by atoms with Gasteiger partial charge in [0.05, 0.1) is 24.6 Å². The minimum Gasteiger partial charge on any atom is -0.497 e. The second-order valence-corrected chi connectivity index (χ2v) is 8.70. The first-order valence-corrected chi connectivity index (χ1v) is 10.3. The maximum absolute atomic E-state index is 12.6. The highest BCUT2D eigenvalue weighted by Gasteiger charge is 2.26. The molecule has 1 N–H and O–H groups in total. The van der Waals surface area contributed by atoms with E-state index < -0.39 is 10.0 Å². The van der Waals surface area contributed by atoms with E-state index in [4.69, 9.17) is 4.74 Å². The van der Waals surface area contributed by atoms with E-state index in [2.05, 4.69) is 5.32 Å². The monoisotopic (exact) mass is 388 g/mol. The van der Waals surface area contributed by atoms with E-state index in [1.807, 2.05) is 18.2 Å². The summed E-state index contributed by atoms with van der Waals surface area (Å²) in [6, 6.07) is 13.9. The van der Waals surface area contributed by atoms with Crippen LogP contribution < -0.4 is 10.1 Å². The van der Waals surface area contributed by atoms with Crippen LogP contribution in [0.4, 0.5) is 0 Å². The fraction of sp³-hybridized carbons (Fsp3) is 0.350. The molecule has 7 heteroatoms. The van der Waals surface area contributed by atoms with Crippen LogP contribution in [0.25, 0.3) is 0 Å². The first-order valence-electron chi connectivity index (χ1n) is 8.89. The van der Waals surface area contributed by atoms with Gasteiger partial charge < -0.3 is 10.1 Å². The average Bonchev–Trinajstić information content (AvgIpc) is 2.68. The molecule has 27 heavy (non-hydrogen) atoms. The van der Waals surface area contributed by atoms with Crippen LogP contribution in [-0.4, -0.2) is 39.3 Å². The van der Waals surface area contributed by atoms with E-state index in [1.165, 1.54) is 19.2 Å². The molecule has 1 aliphatic carbocycles. The van der Waals surface area contributed by atoms with E-state index >= 15 is 0 Å². The second kappa shape index (κ2) is 8.10. The summed E-state index contributed by atoms with van der Waals surface area (Å²) < 4.78 is 31.5. The van der Waals surface area contributed by atoms with E-state index in [9.17, 15) is 13.2 Å². The normalized spacial score (nSPS) is 16.6. The summed E-state index contributed by atoms with van der Waals surface area (Å²) in [5, 5.41) is 2.98. The van der Waals surface area contributed by atoms with Gasteiger partial charge in [0.1, 0.15) is 5.75 Å². The number of carbonyl (C=O) groups is 1. The number of benzene rings is 2. The predicted molar refractivity (Wildman–Crippen MR) is 103 cm³/mol. The standard InChI is InChI=1S/C20H24N2O4S/c1-22(27(24,25)17-8-4-3-5-9-17)14-20(23)21-19-10-6-7-15-13-16(26-2)11-12-18(15)19/h3-5,8-9,11-13,19H,6-7,10,14H2,1-2H3,(H,21,23)/t19-/m0/s1. The van der Waals surface area contributed by atoms with Crippen LogP contribution in [0.15, 0.2) is 53.4 Å². The maximum atomic E-state index is 12.6. The Kier molecular flexibility index (Phi) is 5.82. The summed E-state index contributed by atoms with van der Waals surface area (Å²) in [5.41, 5.74) is 2.24. The fourth-order valence-corrected chi connectivity index (χ4v) is 4.52. The van der Waals surface area contributed by atoms with Crippen LogP contribution in [-0.2, 0) is 21.2 Å². The second-order valence-electron chi connectivity index (χ2n) is 6.65. The van der Waals surface area contributed by atoms with Crippen molar-refractivity contribution in [1.82, 2.24) is 9.62 Å². The number of hydrogen-bond acceptors (Lipinski definition) is 4. The molecule has 1 amide bonds. The number of sulfonamides is 1. The molecule has 1 atom stereocenters. The van der Waals surface area contributed by atoms with Crippen molar-refractivity contribution >= 4 is 15.9 Å². The third-order valence-electron chi connectivity index (χ3n) is 4.82. The summed E-state index contributed by atoms with van der Waals surface area (Å²) >= 11 is 0. The van der Waals surface area contributed by atoms with Gasteiger partial charge in [-0.3, -0.25) is 4.79 Å². The molecule has 0 bridgehead atoms. The van der Waals surface area contributed by atoms with Gasteiger partial charge in [0.15, 0.2) is 0 Å². The maximum Gasteiger partial charge on any atom is 0.243 e. The Morgan fingerprint density at radius 1 is 1.22 bits per heavy atom. The Hall–Kier alpha value is -2.38. The molecule has 2 aromatic carbocycles. The largest absolute Gasteiger partial charge is 0.497 e. The van der Waals surface area contributed by atoms with Crippen molar-refractivity contribution in [3.63, 3.8) is 0 Å². The SMILES string of the molecule is COc1ccc2c(c1)CCC[C@@H]2NC(=O)CN(C)S(=O)(=O)c1ccccc1. The van der Waals surface area contributed by atoms with Gasteiger partial charge in [-0.05, 0) is 54.7 Å². The molecule has 1 aliphatic rings. The topological polar surface area (TPSA) is 75.7 Å². The van der Waals surface area contributed by atoms with Gasteiger partial charge in [0.25, 0.3) is 0 Å². The minimum absolute atomic E-state index is 0.111. The van der Waals surface area contributed by atoms with Crippen LogP contribution in [0.3, 0.4) is 0 Å². The molecule has 0 aromatic heterocycles. The lowest BCUT2D eigenvalue weighted by atomic mass is 9.87. The number of ether oxygens (including phenoxy) is 1. The van der Waals surface area contributed by atoms with Gasteiger partial charge in [-0.25, -0.2) is 8.42 Å². The highest BCUT2D eigenvalue weighted by Crippen LogP contribution is 2.32. The lowest BCUT2D eigenvalue weighted by Gasteiger charge is -2.27. The van der Waals surface area contributed by atoms with Gasteiger partial charge in [-0.2, -0.15) is 4.31 Å². The number of aryl methyl sites for hydroxylation is 1. The lowest BCUT2D eigenvalue weighted by molar-refractivity contribution is -0.122. The number of hydrogen-bond donors (Lipinski definition) is 1. The zero-order chi connectivity index (χ0) is 19.4. The zero-order valence-corrected chi connectivity index (χ0v) is 16.3. The third kappa shape index (κ3) is 4.31. The summed E-state index contributed by atoms with van der Waals surface area (Å²) in [6.45, 7) is -0.223. The fourth-order valence-electron chi connectivity index (χ4n) is 3.37. The van der Waals surface area contributed by atoms with Crippen molar-refractivity contribution in [2.75, 3.05) is 20.7 Å². The molecule has 0 fully saturated rings. The molecular formula is C20H24N2O4S. The molecule has 0 aliphatic heterocycles. The number of amides is 1. The van der Waals surface area contributed by atoms with Crippen LogP contribution in [0.1, 0.15) is 30.0 Å². The number of fused-ring (bicyclic) bond motifs is 1. The molecule has 144 valence electrons. The van der Waals surface area contributed by atoms with Crippen molar-refractivity contribution in [3.8, 4) is 5.75 Å². The van der Waals surface area contributed by atoms with Crippen molar-refractivity contribution in [3.05, 3.63) is 59.7 Å². The number of likely N-dealkylation sites (N-methyl/N-ethyl adjacent to an activating group) is 1. The number of methoxy groups -OCH3 is 1. The Labute approximate surface area is 160 Å². The summed E-state index contributed by atoms with van der Waals surface area (Å²) in [5.74, 6) is 0.486. The first kappa shape index (κ1) is 19.4. The van der Waals surface area contributed by atoms with Crippen molar-refractivity contribution in [1.29, 1.82) is 0 Å². The van der Waals surface area contributed by atoms with Gasteiger partial charge in [-0.1, -0.05) is 24.3 Å². The van der Waals surface area contributed by atoms with E-state index in [0.29, 0.717) is 0 Å². The lowest BCUT2D eigenvalue weighted by Crippen LogP contribution is -2.40. The van der Waals surface area contributed by atoms with Crippen LogP contribution >= 0.6 is 0 Å². The highest BCUT2D eigenvalue weighted by molar-refractivity contribution is 7.89. The average molecular weight is 388 g/mol. The Bertz CT molecular complexity index is 913. The first-order chi connectivity index (χ1) is 12.9. The number of rotatable bonds is 6. The molecular weight excluding hydrogens is 364 g/mol. The smallest absolute Gasteiger partial charge is 0.243 e. The molecule has 0 radical (unpaired) electrons. The van der Waals surface area contributed by atoms with Crippen LogP contribution in [0.5, 0.6) is 5.75 Å². The predicted octanol–water partition coefficient (Wildman–Crippen LogP) is 2.51. The molecule has 3 rings (SSSR count). The van der Waals surface area contributed by atoms with Gasteiger partial charge in [0.2, 0.25) is 15.9 Å². The molecule has 0 unspecified atom stereocenters. The molecule has 2 aromatic rings. The summed E-state index contributed by atoms with van der Waals surface area (Å²) in [6.07, 6.45) is 2.74. The van der Waals surface area contributed by atoms with Gasteiger partial charge in [0, 0.05) is 7.05 Å². The van der Waals surface area contributed by atoms with Crippen molar-refractivity contribution in [2.24, 2.45) is 0 Å². The Morgan fingerprint density at radius 3 is 2.67 bits per heavy atom. The van der Waals surface area contributed by atoms with Crippen LogP contribution in [0.2, 0.25) is 0 Å². The molecule has 0 saturated heterocycles. The third-order valence-corrected chi connectivity index (χ3v) is 6.63. The molecule has 6 nitrogen and oxygen atoms in total. The minimum atomic E-state index is -3.69. The van der Waals surface area contributed by atoms with Gasteiger partial charge >= 0.3 is 0 Å². The zero-order valence-electron chi connectivity index (χ0n) is 15.5. The number of nitrogens with zero attached hydrogens (tertiary/aromatic N) is 1. The Morgan fingerprint density at radius 2 is 1.96 bits per heavy atom. The number of nitrogens with one attached hydrogen (secondary N) is 1. The summed E-state index contributed by atoms with van der Waals surface area (Å²) in [7, 11) is -0.638. The highest BCUT2D eigenvalue weighted by atomic mass is 32.2. The van der Waals surface area contributed by atoms with Crippen molar-refractivity contribution in [2.45, 2.75) is 30.2 Å². The van der Waals surface area contributed by atoms with E-state index in [1.54, 1.807) is 25.3 Å². The number of carbonyl (C=O) groups excluding carboxylic acids is 1. The Balaban J connectivity index is 1.68. The van der Waals surface area contributed by atoms with Crippen LogP contribution in [0, 0.1) is 0 Å². The molecule has 0 saturated carbocycles. The molecule has 0 heterocycles. The summed E-state index contributed by atoms with van der Waals surface area (Å²) in [4.78, 5) is 12.7. The quantitative estimate of drug-likeness (QED) is 0.825. The van der Waals surface area contributed by atoms with E-state index in [-0.39, 0.29) is 23.4 Å². The molecule has 0 spiro atoms. The van der Waals surface area contributed by atoms with Crippen molar-refractivity contribution < 1.29 is 17.9 Å². The van der Waals surface area contributed by atoms with E-state index in [0.717, 1.165) is 40.4 Å². The van der Waals surface area contributed by atoms with Gasteiger partial charge in [-0.15, -0.1) is 0 Å².